The van der Waals surface area contributed by atoms with Gasteiger partial charge in [0.25, 0.3) is 5.19 Å². The smallest absolute Gasteiger partial charge is 0.407 e. The number of amides is 1. The van der Waals surface area contributed by atoms with Crippen molar-refractivity contribution in [2.45, 2.75) is 56.1 Å². The van der Waals surface area contributed by atoms with Gasteiger partial charge in [-0.3, -0.25) is 9.80 Å². The van der Waals surface area contributed by atoms with Gasteiger partial charge in [-0.1, -0.05) is 35.1 Å². The number of carboxylic acid groups (broad SMARTS) is 1. The minimum Gasteiger partial charge on any atom is -0.467 e. The molecular formula is C34H39ClN6O7S. The predicted octanol–water partition coefficient (Wildman–Crippen LogP) is 6.02. The van der Waals surface area contributed by atoms with Gasteiger partial charge in [0.05, 0.1) is 35.9 Å². The molecule has 4 saturated heterocycles. The van der Waals surface area contributed by atoms with Crippen molar-refractivity contribution in [2.75, 3.05) is 64.8 Å². The lowest BCUT2D eigenvalue weighted by molar-refractivity contribution is -0.00846. The third-order valence-electron chi connectivity index (χ3n) is 10.3. The van der Waals surface area contributed by atoms with Crippen molar-refractivity contribution in [3.63, 3.8) is 0 Å². The summed E-state index contributed by atoms with van der Waals surface area (Å²) < 4.78 is 29.4. The van der Waals surface area contributed by atoms with Gasteiger partial charge in [-0.25, -0.2) is 4.79 Å². The molecule has 0 saturated carbocycles. The van der Waals surface area contributed by atoms with E-state index in [0.29, 0.717) is 76.8 Å². The highest BCUT2D eigenvalue weighted by molar-refractivity contribution is 7.19. The number of hydrogen-bond acceptors (Lipinski definition) is 12. The summed E-state index contributed by atoms with van der Waals surface area (Å²) in [5.74, 6) is 1.67. The van der Waals surface area contributed by atoms with Crippen molar-refractivity contribution < 1.29 is 33.6 Å². The normalized spacial score (nSPS) is 21.5. The lowest BCUT2D eigenvalue weighted by Crippen LogP contribution is -2.55. The van der Waals surface area contributed by atoms with Crippen LogP contribution < -0.4 is 19.1 Å². The first kappa shape index (κ1) is 32.5. The second-order valence-electron chi connectivity index (χ2n) is 13.2. The van der Waals surface area contributed by atoms with Crippen LogP contribution in [0.25, 0.3) is 21.1 Å². The molecule has 0 aliphatic carbocycles. The Morgan fingerprint density at radius 2 is 1.86 bits per heavy atom. The zero-order chi connectivity index (χ0) is 33.5. The predicted molar refractivity (Wildman–Crippen MR) is 185 cm³/mol. The lowest BCUT2D eigenvalue weighted by Gasteiger charge is -2.40. The molecule has 0 spiro atoms. The number of thiazole rings is 1. The van der Waals surface area contributed by atoms with Gasteiger partial charge in [0, 0.05) is 31.7 Å². The molecule has 49 heavy (non-hydrogen) atoms. The average molecular weight is 711 g/mol. The number of carbonyl (C=O) groups is 1. The van der Waals surface area contributed by atoms with Crippen LogP contribution in [0.2, 0.25) is 5.02 Å². The van der Waals surface area contributed by atoms with E-state index in [-0.39, 0.29) is 24.4 Å². The lowest BCUT2D eigenvalue weighted by atomic mass is 9.95. The minimum absolute atomic E-state index is 0.0366. The van der Waals surface area contributed by atoms with E-state index >= 15 is 0 Å². The summed E-state index contributed by atoms with van der Waals surface area (Å²) in [6, 6.07) is 9.38. The highest BCUT2D eigenvalue weighted by Gasteiger charge is 2.46. The van der Waals surface area contributed by atoms with E-state index in [0.717, 1.165) is 49.5 Å². The van der Waals surface area contributed by atoms with E-state index in [2.05, 4.69) is 9.80 Å². The number of methoxy groups -OCH3 is 1. The summed E-state index contributed by atoms with van der Waals surface area (Å²) in [5.41, 5.74) is 0.626. The zero-order valence-corrected chi connectivity index (χ0v) is 28.9. The largest absolute Gasteiger partial charge is 0.467 e. The van der Waals surface area contributed by atoms with Crippen LogP contribution in [0, 0.1) is 0 Å². The van der Waals surface area contributed by atoms with Gasteiger partial charge in [0.15, 0.2) is 17.4 Å². The number of halogens is 1. The average Bonchev–Trinajstić information content (AvgIpc) is 3.84. The monoisotopic (exact) mass is 710 g/mol. The Morgan fingerprint density at radius 3 is 2.61 bits per heavy atom. The molecule has 4 aliphatic rings. The van der Waals surface area contributed by atoms with Crippen LogP contribution in [-0.4, -0.2) is 113 Å². The fraction of sp³-hybridized carbons (Fsp3) is 0.529. The summed E-state index contributed by atoms with van der Waals surface area (Å²) in [5, 5.41) is 12.3. The molecule has 1 N–H and O–H groups in total. The quantitative estimate of drug-likeness (QED) is 0.136. The maximum absolute atomic E-state index is 12.0. The maximum atomic E-state index is 12.0. The van der Waals surface area contributed by atoms with Gasteiger partial charge in [0.2, 0.25) is 0 Å². The molecule has 2 bridgehead atoms. The van der Waals surface area contributed by atoms with Crippen molar-refractivity contribution in [1.29, 1.82) is 0 Å². The van der Waals surface area contributed by atoms with Crippen molar-refractivity contribution in [3.05, 3.63) is 35.4 Å². The number of fused-ring (bicyclic) bond motifs is 5. The fourth-order valence-electron chi connectivity index (χ4n) is 8.03. The fourth-order valence-corrected chi connectivity index (χ4v) is 9.10. The molecule has 8 rings (SSSR count). The number of nitrogens with zero attached hydrogens (tertiary/aromatic N) is 6. The molecule has 13 nitrogen and oxygen atoms in total. The molecule has 260 valence electrons. The standard InChI is InChI=1S/C34H39ClN6O7S/c1-44-13-14-45-20-47-24-15-21-5-2-6-25(35)27(21)26(16-24)48-32-36-28-29(39-17-22-7-8-23(18-39)41(22)33(42)43)37-31(38-30(28)49-32)46-19-34-9-3-11-40(34)12-4-10-34/h2,5-6,15-16,22-23H,3-4,7-14,17-20H2,1H3,(H,42,43). The van der Waals surface area contributed by atoms with Crippen molar-refractivity contribution in [3.8, 4) is 22.7 Å². The number of anilines is 1. The Balaban J connectivity index is 1.12. The van der Waals surface area contributed by atoms with Crippen molar-refractivity contribution in [1.82, 2.24) is 24.8 Å². The number of aromatic nitrogens is 3. The first-order chi connectivity index (χ1) is 23.9. The van der Waals surface area contributed by atoms with Gasteiger partial charge in [-0.2, -0.15) is 15.0 Å². The molecule has 1 amide bonds. The Hall–Kier alpha value is -3.69. The van der Waals surface area contributed by atoms with Crippen LogP contribution in [0.15, 0.2) is 30.3 Å². The molecular weight excluding hydrogens is 672 g/mol. The minimum atomic E-state index is -0.871. The van der Waals surface area contributed by atoms with Crippen LogP contribution in [-0.2, 0) is 9.47 Å². The summed E-state index contributed by atoms with van der Waals surface area (Å²) in [4.78, 5) is 33.7. The van der Waals surface area contributed by atoms with Gasteiger partial charge in [0.1, 0.15) is 23.6 Å². The molecule has 0 radical (unpaired) electrons. The molecule has 15 heteroatoms. The molecule has 4 fully saturated rings. The topological polar surface area (TPSA) is 132 Å². The van der Waals surface area contributed by atoms with Gasteiger partial charge in [-0.15, -0.1) is 0 Å². The second kappa shape index (κ2) is 13.6. The Kier molecular flexibility index (Phi) is 8.99. The molecule has 2 aromatic carbocycles. The number of rotatable bonds is 12. The Bertz CT molecular complexity index is 1840. The number of benzene rings is 2. The Morgan fingerprint density at radius 1 is 1.06 bits per heavy atom. The van der Waals surface area contributed by atoms with Crippen LogP contribution in [0.3, 0.4) is 0 Å². The van der Waals surface area contributed by atoms with Gasteiger partial charge < -0.3 is 33.7 Å². The highest BCUT2D eigenvalue weighted by atomic mass is 35.5. The maximum Gasteiger partial charge on any atom is 0.407 e. The van der Waals surface area contributed by atoms with Gasteiger partial charge in [-0.05, 0) is 69.1 Å². The van der Waals surface area contributed by atoms with Crippen LogP contribution in [0.1, 0.15) is 38.5 Å². The van der Waals surface area contributed by atoms with E-state index in [4.69, 9.17) is 50.2 Å². The number of hydrogen-bond donors (Lipinski definition) is 1. The zero-order valence-electron chi connectivity index (χ0n) is 27.3. The van der Waals surface area contributed by atoms with Crippen LogP contribution >= 0.6 is 22.9 Å². The Labute approximate surface area is 292 Å². The summed E-state index contributed by atoms with van der Waals surface area (Å²) in [7, 11) is 1.62. The third-order valence-corrected chi connectivity index (χ3v) is 11.4. The molecule has 2 atom stereocenters. The van der Waals surface area contributed by atoms with E-state index in [1.54, 1.807) is 18.1 Å². The van der Waals surface area contributed by atoms with E-state index in [1.165, 1.54) is 24.2 Å². The molecule has 2 unspecified atom stereocenters. The number of ether oxygens (including phenoxy) is 5. The highest BCUT2D eigenvalue weighted by Crippen LogP contribution is 2.43. The van der Waals surface area contributed by atoms with E-state index < -0.39 is 6.09 Å². The summed E-state index contributed by atoms with van der Waals surface area (Å²) in [6.07, 6.45) is 5.33. The van der Waals surface area contributed by atoms with E-state index in [1.807, 2.05) is 24.3 Å². The third kappa shape index (κ3) is 6.29. The second-order valence-corrected chi connectivity index (χ2v) is 14.5. The van der Waals surface area contributed by atoms with Gasteiger partial charge >= 0.3 is 12.1 Å². The molecule has 6 heterocycles. The van der Waals surface area contributed by atoms with Crippen LogP contribution in [0.5, 0.6) is 22.7 Å². The SMILES string of the molecule is COCCOCOc1cc(Oc2nc3c(N4CC5CCC(C4)N5C(=O)O)nc(OCC45CCCN4CCC5)nc3s2)c2c(Cl)cccc2c1. The number of piperazine rings is 1. The van der Waals surface area contributed by atoms with Crippen molar-refractivity contribution in [2.24, 2.45) is 0 Å². The first-order valence-electron chi connectivity index (χ1n) is 16.8. The first-order valence-corrected chi connectivity index (χ1v) is 18.0. The summed E-state index contributed by atoms with van der Waals surface area (Å²) in [6.45, 7) is 4.71. The van der Waals surface area contributed by atoms with E-state index in [9.17, 15) is 9.90 Å². The molecule has 2 aromatic heterocycles. The van der Waals surface area contributed by atoms with Crippen LogP contribution in [0.4, 0.5) is 10.6 Å². The molecule has 4 aromatic rings. The molecule has 4 aliphatic heterocycles. The van der Waals surface area contributed by atoms with Crippen molar-refractivity contribution >= 4 is 56.0 Å². The summed E-state index contributed by atoms with van der Waals surface area (Å²) >= 11 is 7.99.